The number of hydrogen-bond acceptors (Lipinski definition) is 8. The van der Waals surface area contributed by atoms with Crippen LogP contribution in [0.1, 0.15) is 81.6 Å². The van der Waals surface area contributed by atoms with Crippen LogP contribution < -0.4 is 9.47 Å². The van der Waals surface area contributed by atoms with Crippen molar-refractivity contribution in [3.05, 3.63) is 94.1 Å². The Kier molecular flexibility index (Phi) is 11.6. The summed E-state index contributed by atoms with van der Waals surface area (Å²) in [5.41, 5.74) is 0.00400. The predicted molar refractivity (Wildman–Crippen MR) is 185 cm³/mol. The fourth-order valence-corrected chi connectivity index (χ4v) is 6.87. The molecule has 4 aromatic rings. The van der Waals surface area contributed by atoms with Crippen LogP contribution in [0.2, 0.25) is 0 Å². The average molecular weight is 778 g/mol. The summed E-state index contributed by atoms with van der Waals surface area (Å²) < 4.78 is 97.4. The highest BCUT2D eigenvalue weighted by Gasteiger charge is 2.58. The molecule has 0 unspecified atom stereocenters. The van der Waals surface area contributed by atoms with Gasteiger partial charge >= 0.3 is 12.4 Å². The van der Waals surface area contributed by atoms with E-state index in [2.05, 4.69) is 10.2 Å². The zero-order chi connectivity index (χ0) is 39.7. The number of carbonyl (C=O) groups excluding carboxylic acids is 2. The van der Waals surface area contributed by atoms with Gasteiger partial charge in [0.1, 0.15) is 17.2 Å². The number of hydroxylamine groups is 2. The van der Waals surface area contributed by atoms with Crippen LogP contribution in [-0.2, 0) is 39.8 Å². The summed E-state index contributed by atoms with van der Waals surface area (Å²) >= 11 is 0. The molecule has 296 valence electrons. The summed E-state index contributed by atoms with van der Waals surface area (Å²) in [4.78, 5) is 29.2. The van der Waals surface area contributed by atoms with Gasteiger partial charge in [-0.3, -0.25) is 23.8 Å². The maximum Gasteiger partial charge on any atom is 0.435 e. The zero-order valence-corrected chi connectivity index (χ0v) is 30.6. The minimum Gasteiger partial charge on any atom is -0.497 e. The van der Waals surface area contributed by atoms with Crippen molar-refractivity contribution in [3.63, 3.8) is 0 Å². The molecule has 11 nitrogen and oxygen atoms in total. The molecular formula is C38H41F6N5O6. The molecule has 1 amide bonds. The van der Waals surface area contributed by atoms with Gasteiger partial charge < -0.3 is 14.2 Å². The third-order valence-electron chi connectivity index (χ3n) is 9.96. The minimum absolute atomic E-state index is 0.0545. The molecule has 3 fully saturated rings. The monoisotopic (exact) mass is 777 g/mol. The molecule has 1 saturated heterocycles. The van der Waals surface area contributed by atoms with E-state index in [1.165, 1.54) is 49.7 Å². The van der Waals surface area contributed by atoms with Gasteiger partial charge in [0.15, 0.2) is 17.2 Å². The number of amides is 1. The number of Topliss-reactive ketones (excluding diaryl/α,β-unsaturated/α-hetero) is 1. The molecular weight excluding hydrogens is 736 g/mol. The number of ketones is 1. The van der Waals surface area contributed by atoms with Crippen LogP contribution in [0.15, 0.2) is 54.7 Å². The Bertz CT molecular complexity index is 1960. The van der Waals surface area contributed by atoms with Crippen molar-refractivity contribution in [1.29, 1.82) is 0 Å². The Morgan fingerprint density at radius 1 is 0.800 bits per heavy atom. The van der Waals surface area contributed by atoms with E-state index in [9.17, 15) is 35.9 Å². The number of aromatic nitrogens is 4. The van der Waals surface area contributed by atoms with Crippen LogP contribution in [0.3, 0.4) is 0 Å². The third-order valence-corrected chi connectivity index (χ3v) is 9.96. The van der Waals surface area contributed by atoms with Gasteiger partial charge in [-0.2, -0.15) is 36.5 Å². The van der Waals surface area contributed by atoms with E-state index in [0.717, 1.165) is 29.4 Å². The highest BCUT2D eigenvalue weighted by molar-refractivity contribution is 6.05. The second kappa shape index (κ2) is 16.1. The fourth-order valence-electron chi connectivity index (χ4n) is 6.87. The number of nitrogens with zero attached hydrogens (tertiary/aromatic N) is 5. The topological polar surface area (TPSA) is 110 Å². The van der Waals surface area contributed by atoms with Gasteiger partial charge in [-0.15, -0.1) is 0 Å². The van der Waals surface area contributed by atoms with Gasteiger partial charge in [0.05, 0.1) is 34.4 Å². The summed E-state index contributed by atoms with van der Waals surface area (Å²) in [5.74, 6) is -0.804. The van der Waals surface area contributed by atoms with Crippen LogP contribution >= 0.6 is 0 Å². The number of fused-ring (bicyclic) bond motifs is 3. The molecule has 3 heterocycles. The molecule has 2 aromatic carbocycles. The highest BCUT2D eigenvalue weighted by atomic mass is 19.4. The van der Waals surface area contributed by atoms with Gasteiger partial charge in [0.2, 0.25) is 5.91 Å². The Morgan fingerprint density at radius 2 is 1.36 bits per heavy atom. The van der Waals surface area contributed by atoms with Crippen molar-refractivity contribution in [2.75, 3.05) is 41.6 Å². The number of alkyl halides is 6. The number of rotatable bonds is 9. The van der Waals surface area contributed by atoms with Gasteiger partial charge in [-0.05, 0) is 67.0 Å². The molecule has 4 atom stereocenters. The third kappa shape index (κ3) is 8.99. The molecule has 55 heavy (non-hydrogen) atoms. The minimum atomic E-state index is -4.58. The SMILES string of the molecule is C1CCOC1.COc1ccc(Cn2cc([C@H]3C[C@H]3C(=O)N(C)OC)c(C(F)(F)F)n2)cc1.COc1ccc(Cn2nc(C(F)(F)F)c3c2C(=O)[C@@H]2C[C@H]32)cc1. The maximum absolute atomic E-state index is 13.4. The van der Waals surface area contributed by atoms with E-state index in [-0.39, 0.29) is 53.4 Å². The van der Waals surface area contributed by atoms with Crippen molar-refractivity contribution >= 4 is 11.7 Å². The molecule has 2 aromatic heterocycles. The summed E-state index contributed by atoms with van der Waals surface area (Å²) in [6.45, 7) is 2.32. The largest absolute Gasteiger partial charge is 0.497 e. The highest BCUT2D eigenvalue weighted by Crippen LogP contribution is 2.59. The lowest BCUT2D eigenvalue weighted by molar-refractivity contribution is -0.170. The molecule has 0 bridgehead atoms. The van der Waals surface area contributed by atoms with Crippen LogP contribution in [0, 0.1) is 11.8 Å². The Morgan fingerprint density at radius 3 is 1.85 bits per heavy atom. The molecule has 0 spiro atoms. The first-order valence-electron chi connectivity index (χ1n) is 17.7. The number of benzene rings is 2. The summed E-state index contributed by atoms with van der Waals surface area (Å²) in [5, 5.41) is 8.49. The number of ether oxygens (including phenoxy) is 3. The van der Waals surface area contributed by atoms with E-state index in [4.69, 9.17) is 19.0 Å². The van der Waals surface area contributed by atoms with E-state index in [0.29, 0.717) is 24.3 Å². The van der Waals surface area contributed by atoms with Gasteiger partial charge in [0, 0.05) is 55.3 Å². The molecule has 1 aliphatic heterocycles. The summed E-state index contributed by atoms with van der Waals surface area (Å²) in [7, 11) is 5.85. The van der Waals surface area contributed by atoms with E-state index in [1.807, 2.05) is 0 Å². The van der Waals surface area contributed by atoms with Crippen LogP contribution in [0.25, 0.3) is 0 Å². The summed E-state index contributed by atoms with van der Waals surface area (Å²) in [6.07, 6.45) is -4.30. The first kappa shape index (κ1) is 39.8. The van der Waals surface area contributed by atoms with Crippen molar-refractivity contribution in [1.82, 2.24) is 24.6 Å². The van der Waals surface area contributed by atoms with E-state index < -0.39 is 35.6 Å². The second-order valence-electron chi connectivity index (χ2n) is 13.7. The molecule has 17 heteroatoms. The standard InChI is InChI=1S/C18H20F3N3O3.C16H13F3N2O2.C4H8O/c1-23(27-3)17(25)14-8-13(14)15-10-24(22-16(15)18(19,20)21)9-11-4-6-12(26-2)7-5-11;1-23-9-4-2-8(3-5-9)7-21-13-12(10-6-11(10)14(13)22)15(20-21)16(17,18)19;1-2-4-5-3-1/h4-7,10,13-14H,8-9H2,1-3H3;2-5,10-11H,6-7H2,1H3;1-4H2/t13-,14+;10-,11+;/m00./s1. The van der Waals surface area contributed by atoms with Crippen LogP contribution in [-0.4, -0.2) is 77.9 Å². The van der Waals surface area contributed by atoms with Gasteiger partial charge in [-0.25, -0.2) is 5.06 Å². The normalized spacial score (nSPS) is 20.7. The maximum atomic E-state index is 13.4. The van der Waals surface area contributed by atoms with Gasteiger partial charge in [0.25, 0.3) is 0 Å². The number of halogens is 6. The first-order chi connectivity index (χ1) is 26.1. The molecule has 0 N–H and O–H groups in total. The quantitative estimate of drug-likeness (QED) is 0.130. The lowest BCUT2D eigenvalue weighted by Crippen LogP contribution is -2.27. The van der Waals surface area contributed by atoms with Crippen molar-refractivity contribution in [2.45, 2.75) is 63.0 Å². The van der Waals surface area contributed by atoms with Gasteiger partial charge in [-0.1, -0.05) is 24.3 Å². The molecule has 4 aliphatic rings. The molecule has 8 rings (SSSR count). The smallest absolute Gasteiger partial charge is 0.435 e. The van der Waals surface area contributed by atoms with Crippen molar-refractivity contribution in [3.8, 4) is 11.5 Å². The molecule has 3 aliphatic carbocycles. The van der Waals surface area contributed by atoms with Crippen LogP contribution in [0.5, 0.6) is 11.5 Å². The fraction of sp³-hybridized carbons (Fsp3) is 0.474. The lowest BCUT2D eigenvalue weighted by Gasteiger charge is -2.13. The molecule has 0 radical (unpaired) electrons. The summed E-state index contributed by atoms with van der Waals surface area (Å²) in [6, 6.07) is 14.0. The van der Waals surface area contributed by atoms with Crippen molar-refractivity contribution < 1.29 is 55.0 Å². The average Bonchev–Trinajstić information content (AvgIpc) is 3.84. The Balaban J connectivity index is 0.000000167. The second-order valence-corrected chi connectivity index (χ2v) is 13.7. The van der Waals surface area contributed by atoms with E-state index in [1.54, 1.807) is 55.6 Å². The number of methoxy groups -OCH3 is 2. The lowest BCUT2D eigenvalue weighted by atomic mass is 10.1. The first-order valence-corrected chi connectivity index (χ1v) is 17.7. The van der Waals surface area contributed by atoms with Crippen LogP contribution in [0.4, 0.5) is 26.3 Å². The Labute approximate surface area is 313 Å². The molecule has 2 saturated carbocycles. The number of hydrogen-bond donors (Lipinski definition) is 0. The number of carbonyl (C=O) groups is 2. The predicted octanol–water partition coefficient (Wildman–Crippen LogP) is 7.14. The van der Waals surface area contributed by atoms with Crippen molar-refractivity contribution in [2.24, 2.45) is 11.8 Å². The van der Waals surface area contributed by atoms with E-state index >= 15 is 0 Å². The Hall–Kier alpha value is -4.90. The zero-order valence-electron chi connectivity index (χ0n) is 30.6.